The SMILES string of the molecule is COc1ccccc1CCC(O)O. The molecule has 1 aromatic carbocycles. The van der Waals surface area contributed by atoms with E-state index in [2.05, 4.69) is 0 Å². The van der Waals surface area contributed by atoms with E-state index >= 15 is 0 Å². The van der Waals surface area contributed by atoms with Gasteiger partial charge in [-0.1, -0.05) is 18.2 Å². The van der Waals surface area contributed by atoms with Gasteiger partial charge in [0.15, 0.2) is 6.29 Å². The summed E-state index contributed by atoms with van der Waals surface area (Å²) < 4.78 is 5.11. The molecule has 0 unspecified atom stereocenters. The van der Waals surface area contributed by atoms with Crippen LogP contribution in [0.4, 0.5) is 0 Å². The van der Waals surface area contributed by atoms with Crippen molar-refractivity contribution in [2.45, 2.75) is 19.1 Å². The number of para-hydroxylation sites is 1. The molecule has 0 amide bonds. The van der Waals surface area contributed by atoms with Crippen molar-refractivity contribution >= 4 is 0 Å². The van der Waals surface area contributed by atoms with Crippen LogP contribution in [-0.2, 0) is 6.42 Å². The van der Waals surface area contributed by atoms with Crippen molar-refractivity contribution in [3.05, 3.63) is 29.8 Å². The van der Waals surface area contributed by atoms with E-state index in [0.717, 1.165) is 11.3 Å². The zero-order chi connectivity index (χ0) is 9.68. The van der Waals surface area contributed by atoms with Crippen molar-refractivity contribution in [2.75, 3.05) is 7.11 Å². The summed E-state index contributed by atoms with van der Waals surface area (Å²) >= 11 is 0. The molecule has 0 aliphatic rings. The van der Waals surface area contributed by atoms with E-state index in [1.165, 1.54) is 0 Å². The quantitative estimate of drug-likeness (QED) is 0.681. The van der Waals surface area contributed by atoms with Gasteiger partial charge in [0.1, 0.15) is 5.75 Å². The number of ether oxygens (including phenoxy) is 1. The van der Waals surface area contributed by atoms with Gasteiger partial charge in [-0.3, -0.25) is 0 Å². The normalized spacial score (nSPS) is 10.5. The molecular weight excluding hydrogens is 168 g/mol. The van der Waals surface area contributed by atoms with E-state index in [1.54, 1.807) is 7.11 Å². The molecule has 0 saturated heterocycles. The fraction of sp³-hybridized carbons (Fsp3) is 0.400. The third-order valence-electron chi connectivity index (χ3n) is 1.86. The molecule has 0 atom stereocenters. The van der Waals surface area contributed by atoms with Crippen LogP contribution in [0.5, 0.6) is 5.75 Å². The second-order valence-corrected chi connectivity index (χ2v) is 2.83. The number of aliphatic hydroxyl groups excluding tert-OH is 1. The molecule has 2 N–H and O–H groups in total. The molecule has 1 rings (SSSR count). The summed E-state index contributed by atoms with van der Waals surface area (Å²) in [6.45, 7) is 0. The molecule has 0 spiro atoms. The molecule has 0 heterocycles. The minimum atomic E-state index is -1.25. The van der Waals surface area contributed by atoms with Crippen LogP contribution in [0.2, 0.25) is 0 Å². The third kappa shape index (κ3) is 3.05. The summed E-state index contributed by atoms with van der Waals surface area (Å²) in [6, 6.07) is 7.57. The molecule has 1 aromatic rings. The Labute approximate surface area is 77.6 Å². The van der Waals surface area contributed by atoms with Crippen LogP contribution < -0.4 is 4.74 Å². The van der Waals surface area contributed by atoms with Gasteiger partial charge in [0.05, 0.1) is 7.11 Å². The lowest BCUT2D eigenvalue weighted by Crippen LogP contribution is -2.05. The van der Waals surface area contributed by atoms with Gasteiger partial charge in [0.2, 0.25) is 0 Å². The molecule has 0 aliphatic heterocycles. The van der Waals surface area contributed by atoms with Crippen LogP contribution in [-0.4, -0.2) is 23.6 Å². The predicted octanol–water partition coefficient (Wildman–Crippen LogP) is 0.938. The van der Waals surface area contributed by atoms with Gasteiger partial charge in [-0.05, 0) is 18.1 Å². The average Bonchev–Trinajstić information content (AvgIpc) is 2.15. The molecule has 0 fully saturated rings. The lowest BCUT2D eigenvalue weighted by Gasteiger charge is -2.08. The molecular formula is C10H14O3. The lowest BCUT2D eigenvalue weighted by atomic mass is 10.1. The van der Waals surface area contributed by atoms with E-state index < -0.39 is 6.29 Å². The molecule has 13 heavy (non-hydrogen) atoms. The molecule has 3 nitrogen and oxygen atoms in total. The highest BCUT2D eigenvalue weighted by atomic mass is 16.5. The Bertz CT molecular complexity index is 258. The Kier molecular flexibility index (Phi) is 3.73. The zero-order valence-corrected chi connectivity index (χ0v) is 7.60. The topological polar surface area (TPSA) is 49.7 Å². The van der Waals surface area contributed by atoms with Gasteiger partial charge in [-0.15, -0.1) is 0 Å². The molecule has 0 bridgehead atoms. The van der Waals surface area contributed by atoms with Gasteiger partial charge in [-0.2, -0.15) is 0 Å². The lowest BCUT2D eigenvalue weighted by molar-refractivity contribution is -0.0447. The van der Waals surface area contributed by atoms with Crippen LogP contribution in [0, 0.1) is 0 Å². The number of hydrogen-bond acceptors (Lipinski definition) is 3. The number of hydrogen-bond donors (Lipinski definition) is 2. The van der Waals surface area contributed by atoms with Crippen LogP contribution in [0.3, 0.4) is 0 Å². The number of aliphatic hydroxyl groups is 2. The fourth-order valence-corrected chi connectivity index (χ4v) is 1.19. The molecule has 72 valence electrons. The third-order valence-corrected chi connectivity index (χ3v) is 1.86. The highest BCUT2D eigenvalue weighted by Crippen LogP contribution is 2.18. The minimum absolute atomic E-state index is 0.334. The molecule has 0 saturated carbocycles. The van der Waals surface area contributed by atoms with Gasteiger partial charge >= 0.3 is 0 Å². The maximum atomic E-state index is 8.69. The summed E-state index contributed by atoms with van der Waals surface area (Å²) in [5, 5.41) is 17.4. The first-order valence-electron chi connectivity index (χ1n) is 4.22. The maximum Gasteiger partial charge on any atom is 0.151 e. The smallest absolute Gasteiger partial charge is 0.151 e. The Hall–Kier alpha value is -1.06. The molecule has 0 aromatic heterocycles. The Morgan fingerprint density at radius 3 is 2.62 bits per heavy atom. The second-order valence-electron chi connectivity index (χ2n) is 2.83. The van der Waals surface area contributed by atoms with Crippen molar-refractivity contribution in [2.24, 2.45) is 0 Å². The van der Waals surface area contributed by atoms with E-state index in [9.17, 15) is 0 Å². The van der Waals surface area contributed by atoms with Crippen molar-refractivity contribution in [3.8, 4) is 5.75 Å². The summed E-state index contributed by atoms with van der Waals surface area (Å²) in [5.41, 5.74) is 0.998. The zero-order valence-electron chi connectivity index (χ0n) is 7.60. The van der Waals surface area contributed by atoms with Crippen LogP contribution >= 0.6 is 0 Å². The molecule has 3 heteroatoms. The van der Waals surface area contributed by atoms with E-state index in [0.29, 0.717) is 12.8 Å². The minimum Gasteiger partial charge on any atom is -0.496 e. The van der Waals surface area contributed by atoms with Gasteiger partial charge in [0, 0.05) is 6.42 Å². The number of benzene rings is 1. The highest BCUT2D eigenvalue weighted by molar-refractivity contribution is 5.33. The summed E-state index contributed by atoms with van der Waals surface area (Å²) in [7, 11) is 1.61. The largest absolute Gasteiger partial charge is 0.496 e. The number of aryl methyl sites for hydroxylation is 1. The van der Waals surface area contributed by atoms with Gasteiger partial charge < -0.3 is 14.9 Å². The maximum absolute atomic E-state index is 8.69. The summed E-state index contributed by atoms with van der Waals surface area (Å²) in [6.07, 6.45) is -0.299. The standard InChI is InChI=1S/C10H14O3/c1-13-9-5-3-2-4-8(9)6-7-10(11)12/h2-5,10-12H,6-7H2,1H3. The fourth-order valence-electron chi connectivity index (χ4n) is 1.19. The van der Waals surface area contributed by atoms with E-state index in [1.807, 2.05) is 24.3 Å². The first-order valence-corrected chi connectivity index (χ1v) is 4.22. The summed E-state index contributed by atoms with van der Waals surface area (Å²) in [4.78, 5) is 0. The predicted molar refractivity (Wildman–Crippen MR) is 49.5 cm³/mol. The van der Waals surface area contributed by atoms with Crippen molar-refractivity contribution in [1.82, 2.24) is 0 Å². The highest BCUT2D eigenvalue weighted by Gasteiger charge is 2.03. The number of methoxy groups -OCH3 is 1. The van der Waals surface area contributed by atoms with Gasteiger partial charge in [-0.25, -0.2) is 0 Å². The van der Waals surface area contributed by atoms with E-state index in [-0.39, 0.29) is 0 Å². The van der Waals surface area contributed by atoms with Crippen molar-refractivity contribution < 1.29 is 14.9 Å². The van der Waals surface area contributed by atoms with Crippen molar-refractivity contribution in [3.63, 3.8) is 0 Å². The Morgan fingerprint density at radius 2 is 2.00 bits per heavy atom. The van der Waals surface area contributed by atoms with Crippen LogP contribution in [0.15, 0.2) is 24.3 Å². The molecule has 0 aliphatic carbocycles. The average molecular weight is 182 g/mol. The Balaban J connectivity index is 2.64. The summed E-state index contributed by atoms with van der Waals surface area (Å²) in [5.74, 6) is 0.795. The second kappa shape index (κ2) is 4.84. The van der Waals surface area contributed by atoms with Crippen LogP contribution in [0.1, 0.15) is 12.0 Å². The monoisotopic (exact) mass is 182 g/mol. The Morgan fingerprint density at radius 1 is 1.31 bits per heavy atom. The van der Waals surface area contributed by atoms with Crippen LogP contribution in [0.25, 0.3) is 0 Å². The van der Waals surface area contributed by atoms with Crippen molar-refractivity contribution in [1.29, 1.82) is 0 Å². The molecule has 0 radical (unpaired) electrons. The first kappa shape index (κ1) is 10.0. The van der Waals surface area contributed by atoms with Gasteiger partial charge in [0.25, 0.3) is 0 Å². The number of rotatable bonds is 4. The first-order chi connectivity index (χ1) is 6.24. The van der Waals surface area contributed by atoms with E-state index in [4.69, 9.17) is 14.9 Å².